The monoisotopic (exact) mass is 389 g/mol. The lowest BCUT2D eigenvalue weighted by atomic mass is 10.1. The van der Waals surface area contributed by atoms with Gasteiger partial charge in [0.05, 0.1) is 38.1 Å². The lowest BCUT2D eigenvalue weighted by Crippen LogP contribution is -2.05. The number of benzene rings is 2. The number of fused-ring (bicyclic) bond motifs is 1. The third-order valence-corrected chi connectivity index (χ3v) is 4.05. The number of carboxylic acid groups (broad SMARTS) is 1. The number of methoxy groups -OCH3 is 3. The Morgan fingerprint density at radius 3 is 2.37 bits per heavy atom. The van der Waals surface area contributed by atoms with E-state index in [0.717, 1.165) is 0 Å². The number of hydrogen-bond donors (Lipinski definition) is 2. The number of nitrogens with one attached hydrogen (secondary N) is 1. The van der Waals surface area contributed by atoms with E-state index in [1.165, 1.54) is 27.4 Å². The highest BCUT2D eigenvalue weighted by Gasteiger charge is 2.16. The van der Waals surface area contributed by atoms with Crippen molar-refractivity contribution >= 4 is 40.0 Å². The number of nitrogens with zero attached hydrogens (tertiary/aromatic N) is 2. The summed E-state index contributed by atoms with van der Waals surface area (Å²) in [6.07, 6.45) is 0. The van der Waals surface area contributed by atoms with Crippen LogP contribution in [0.25, 0.3) is 10.9 Å². The number of hydrogen-bond acceptors (Lipinski definition) is 7. The lowest BCUT2D eigenvalue weighted by molar-refractivity contribution is 0.0697. The number of aromatic nitrogens is 2. The largest absolute Gasteiger partial charge is 0.497 e. The molecular formula is C18H16ClN3O5. The highest BCUT2D eigenvalue weighted by molar-refractivity contribution is 6.29. The predicted molar refractivity (Wildman–Crippen MR) is 101 cm³/mol. The summed E-state index contributed by atoms with van der Waals surface area (Å²) in [4.78, 5) is 20.0. The van der Waals surface area contributed by atoms with Gasteiger partial charge < -0.3 is 24.6 Å². The summed E-state index contributed by atoms with van der Waals surface area (Å²) in [6.45, 7) is 0. The van der Waals surface area contributed by atoms with Crippen LogP contribution < -0.4 is 19.5 Å². The second-order valence-corrected chi connectivity index (χ2v) is 5.75. The van der Waals surface area contributed by atoms with Crippen LogP contribution in [0.15, 0.2) is 30.3 Å². The van der Waals surface area contributed by atoms with Crippen molar-refractivity contribution in [1.29, 1.82) is 0 Å². The molecule has 0 aliphatic heterocycles. The van der Waals surface area contributed by atoms with Crippen molar-refractivity contribution in [2.24, 2.45) is 0 Å². The van der Waals surface area contributed by atoms with Crippen LogP contribution in [0, 0.1) is 0 Å². The molecule has 3 aromatic rings. The van der Waals surface area contributed by atoms with Crippen LogP contribution in [0.3, 0.4) is 0 Å². The number of ether oxygens (including phenoxy) is 3. The van der Waals surface area contributed by atoms with E-state index in [2.05, 4.69) is 15.3 Å². The van der Waals surface area contributed by atoms with Crippen LogP contribution in [0.1, 0.15) is 10.4 Å². The van der Waals surface area contributed by atoms with Gasteiger partial charge in [0.1, 0.15) is 11.6 Å². The van der Waals surface area contributed by atoms with E-state index in [1.807, 2.05) is 0 Å². The fourth-order valence-corrected chi connectivity index (χ4v) is 2.76. The van der Waals surface area contributed by atoms with Crippen LogP contribution in [0.5, 0.6) is 17.2 Å². The van der Waals surface area contributed by atoms with Gasteiger partial charge in [0.15, 0.2) is 11.5 Å². The molecule has 2 aromatic carbocycles. The number of anilines is 2. The van der Waals surface area contributed by atoms with Crippen molar-refractivity contribution in [3.05, 3.63) is 41.2 Å². The van der Waals surface area contributed by atoms with E-state index in [9.17, 15) is 9.90 Å². The van der Waals surface area contributed by atoms with Crippen LogP contribution >= 0.6 is 11.6 Å². The summed E-state index contributed by atoms with van der Waals surface area (Å²) in [7, 11) is 4.49. The van der Waals surface area contributed by atoms with E-state index in [-0.39, 0.29) is 10.8 Å². The van der Waals surface area contributed by atoms with Crippen LogP contribution in [-0.2, 0) is 0 Å². The van der Waals surface area contributed by atoms with E-state index in [1.54, 1.807) is 24.3 Å². The summed E-state index contributed by atoms with van der Waals surface area (Å²) < 4.78 is 15.7. The first-order valence-corrected chi connectivity index (χ1v) is 8.12. The second kappa shape index (κ2) is 7.55. The smallest absolute Gasteiger partial charge is 0.337 e. The minimum Gasteiger partial charge on any atom is -0.497 e. The van der Waals surface area contributed by atoms with E-state index in [0.29, 0.717) is 39.7 Å². The average Bonchev–Trinajstić information content (AvgIpc) is 2.66. The Labute approximate surface area is 159 Å². The molecule has 8 nitrogen and oxygen atoms in total. The maximum atomic E-state index is 11.6. The molecule has 0 aliphatic rings. The molecule has 2 N–H and O–H groups in total. The van der Waals surface area contributed by atoms with Crippen molar-refractivity contribution in [2.75, 3.05) is 26.6 Å². The molecule has 140 valence electrons. The Balaban J connectivity index is 2.16. The zero-order valence-electron chi connectivity index (χ0n) is 14.7. The molecule has 0 spiro atoms. The van der Waals surface area contributed by atoms with E-state index < -0.39 is 5.97 Å². The second-order valence-electron chi connectivity index (χ2n) is 5.41. The number of halogens is 1. The van der Waals surface area contributed by atoms with Crippen molar-refractivity contribution in [1.82, 2.24) is 9.97 Å². The van der Waals surface area contributed by atoms with Gasteiger partial charge in [0.2, 0.25) is 5.28 Å². The fraction of sp³-hybridized carbons (Fsp3) is 0.167. The molecule has 0 saturated carbocycles. The Bertz CT molecular complexity index is 1030. The minimum absolute atomic E-state index is 0.00241. The quantitative estimate of drug-likeness (QED) is 0.614. The molecule has 9 heteroatoms. The predicted octanol–water partition coefficient (Wildman–Crippen LogP) is 3.75. The molecule has 0 amide bonds. The molecule has 0 fully saturated rings. The van der Waals surface area contributed by atoms with Crippen molar-refractivity contribution in [3.8, 4) is 17.2 Å². The van der Waals surface area contributed by atoms with E-state index in [4.69, 9.17) is 25.8 Å². The van der Waals surface area contributed by atoms with Gasteiger partial charge in [-0.3, -0.25) is 0 Å². The molecule has 1 heterocycles. The topological polar surface area (TPSA) is 103 Å². The Morgan fingerprint density at radius 1 is 1.04 bits per heavy atom. The van der Waals surface area contributed by atoms with Crippen molar-refractivity contribution in [3.63, 3.8) is 0 Å². The van der Waals surface area contributed by atoms with E-state index >= 15 is 0 Å². The first kappa shape index (κ1) is 18.5. The molecule has 3 rings (SSSR count). The number of aromatic carboxylic acids is 1. The molecule has 0 aliphatic carbocycles. The SMILES string of the molecule is COc1ccc(Nc2nc(Cl)nc3cc(OC)c(OC)cc23)c(C(=O)O)c1. The Morgan fingerprint density at radius 2 is 1.74 bits per heavy atom. The molecule has 1 aromatic heterocycles. The molecular weight excluding hydrogens is 374 g/mol. The van der Waals surface area contributed by atoms with Gasteiger partial charge in [-0.05, 0) is 35.9 Å². The van der Waals surface area contributed by atoms with Gasteiger partial charge in [-0.2, -0.15) is 4.98 Å². The maximum absolute atomic E-state index is 11.6. The number of carboxylic acids is 1. The Kier molecular flexibility index (Phi) is 5.18. The normalized spacial score (nSPS) is 10.5. The van der Waals surface area contributed by atoms with Crippen molar-refractivity contribution in [2.45, 2.75) is 0 Å². The van der Waals surface area contributed by atoms with Gasteiger partial charge in [-0.1, -0.05) is 0 Å². The van der Waals surface area contributed by atoms with Crippen LogP contribution in [0.4, 0.5) is 11.5 Å². The molecule has 27 heavy (non-hydrogen) atoms. The van der Waals surface area contributed by atoms with Gasteiger partial charge in [-0.25, -0.2) is 9.78 Å². The van der Waals surface area contributed by atoms with Crippen LogP contribution in [0.2, 0.25) is 5.28 Å². The standard InChI is InChI=1S/C18H16ClN3O5/c1-25-9-4-5-12(11(6-9)17(23)24)20-16-10-7-14(26-2)15(27-3)8-13(10)21-18(19)22-16/h4-8H,1-3H3,(H,23,24)(H,20,21,22). The van der Waals surface area contributed by atoms with Crippen LogP contribution in [-0.4, -0.2) is 42.4 Å². The summed E-state index contributed by atoms with van der Waals surface area (Å²) >= 11 is 6.04. The first-order chi connectivity index (χ1) is 13.0. The highest BCUT2D eigenvalue weighted by atomic mass is 35.5. The van der Waals surface area contributed by atoms with Gasteiger partial charge >= 0.3 is 5.97 Å². The van der Waals surface area contributed by atoms with Gasteiger partial charge in [0, 0.05) is 11.5 Å². The third-order valence-electron chi connectivity index (χ3n) is 3.88. The first-order valence-electron chi connectivity index (χ1n) is 7.74. The molecule has 0 radical (unpaired) electrons. The lowest BCUT2D eigenvalue weighted by Gasteiger charge is -2.14. The summed E-state index contributed by atoms with van der Waals surface area (Å²) in [5.41, 5.74) is 0.868. The summed E-state index contributed by atoms with van der Waals surface area (Å²) in [6, 6.07) is 8.00. The average molecular weight is 390 g/mol. The summed E-state index contributed by atoms with van der Waals surface area (Å²) in [5.74, 6) is 0.613. The molecule has 0 bridgehead atoms. The fourth-order valence-electron chi connectivity index (χ4n) is 2.59. The Hall–Kier alpha value is -3.26. The molecule has 0 atom stereocenters. The molecule has 0 saturated heterocycles. The van der Waals surface area contributed by atoms with Gasteiger partial charge in [0.25, 0.3) is 0 Å². The number of carbonyl (C=O) groups is 1. The number of rotatable bonds is 6. The maximum Gasteiger partial charge on any atom is 0.337 e. The molecule has 0 unspecified atom stereocenters. The zero-order valence-corrected chi connectivity index (χ0v) is 15.5. The highest BCUT2D eigenvalue weighted by Crippen LogP contribution is 2.36. The van der Waals surface area contributed by atoms with Gasteiger partial charge in [-0.15, -0.1) is 0 Å². The minimum atomic E-state index is -1.11. The zero-order chi connectivity index (χ0) is 19.6. The van der Waals surface area contributed by atoms with Crippen molar-refractivity contribution < 1.29 is 24.1 Å². The third kappa shape index (κ3) is 3.65. The summed E-state index contributed by atoms with van der Waals surface area (Å²) in [5, 5.41) is 13.1.